The molecule has 10 heteroatoms. The number of carbonyl (C=O) groups is 4. The first-order valence-corrected chi connectivity index (χ1v) is 17.5. The standard InChI is InChI=1S/C36H35N2O6PS/c1-4-20-44-36(43)35(38-29(32(24(2)39)34(38)42)22-30(40)25-21-31(46-23-25)33(41)37-3)45(26-14-8-5-9-15-26,27-16-10-6-11-17-27)28-18-12-7-13-19-28/h4-19,21,23-24,29,32,39H,1,20,22H2,2-3H3,(H,37,41)/t24-,29-,32-/m1/s1. The van der Waals surface area contributed by atoms with Gasteiger partial charge < -0.3 is 20.1 Å². The molecule has 8 nitrogen and oxygen atoms in total. The fourth-order valence-electron chi connectivity index (χ4n) is 5.97. The zero-order valence-electron chi connectivity index (χ0n) is 25.5. The summed E-state index contributed by atoms with van der Waals surface area (Å²) in [6.45, 7) is 1.95. The third-order valence-corrected chi connectivity index (χ3v) is 13.2. The number of hydrogen-bond acceptors (Lipinski definition) is 7. The number of ketones is 1. The molecule has 1 fully saturated rings. The van der Waals surface area contributed by atoms with Crippen LogP contribution in [0.1, 0.15) is 33.4 Å². The van der Waals surface area contributed by atoms with E-state index in [2.05, 4.69) is 11.9 Å². The third kappa shape index (κ3) is 6.01. The molecule has 1 saturated heterocycles. The summed E-state index contributed by atoms with van der Waals surface area (Å²) in [6, 6.07) is 29.3. The SMILES string of the molecule is C=CCOC(=O)C(N1C(=O)[C@H]([C@@H](C)O)[C@H]1CC(=O)c1csc(C(=O)NC)c1)=P(c1ccccc1)(c1ccccc1)c1ccccc1. The molecule has 1 aliphatic rings. The molecule has 0 radical (unpaired) electrons. The first-order valence-electron chi connectivity index (χ1n) is 14.8. The third-order valence-electron chi connectivity index (χ3n) is 8.05. The normalized spacial score (nSPS) is 16.6. The zero-order chi connectivity index (χ0) is 32.8. The van der Waals surface area contributed by atoms with Crippen molar-refractivity contribution in [2.45, 2.75) is 25.5 Å². The predicted molar refractivity (Wildman–Crippen MR) is 184 cm³/mol. The van der Waals surface area contributed by atoms with E-state index in [0.29, 0.717) is 10.4 Å². The molecular weight excluding hydrogens is 619 g/mol. The van der Waals surface area contributed by atoms with Gasteiger partial charge in [-0.25, -0.2) is 4.79 Å². The van der Waals surface area contributed by atoms with Crippen LogP contribution in [-0.4, -0.2) is 64.8 Å². The molecule has 3 aromatic carbocycles. The van der Waals surface area contributed by atoms with Crippen LogP contribution in [0.5, 0.6) is 0 Å². The highest BCUT2D eigenvalue weighted by atomic mass is 32.1. The summed E-state index contributed by atoms with van der Waals surface area (Å²) in [7, 11) is 1.51. The van der Waals surface area contributed by atoms with Crippen LogP contribution in [0.2, 0.25) is 0 Å². The Kier molecular flexibility index (Phi) is 10.2. The maximum absolute atomic E-state index is 14.5. The van der Waals surface area contributed by atoms with E-state index in [4.69, 9.17) is 4.74 Å². The number of ether oxygens (including phenoxy) is 1. The summed E-state index contributed by atoms with van der Waals surface area (Å²) >= 11 is 1.14. The molecule has 2 N–H and O–H groups in total. The topological polar surface area (TPSA) is 113 Å². The summed E-state index contributed by atoms with van der Waals surface area (Å²) in [4.78, 5) is 56.4. The number of Topliss-reactive ketones (excluding diaryl/α,β-unsaturated/α-hetero) is 1. The Balaban J connectivity index is 1.81. The van der Waals surface area contributed by atoms with Gasteiger partial charge in [-0.1, -0.05) is 104 Å². The monoisotopic (exact) mass is 654 g/mol. The van der Waals surface area contributed by atoms with Crippen molar-refractivity contribution in [3.63, 3.8) is 0 Å². The number of aliphatic hydroxyl groups excluding tert-OH is 1. The van der Waals surface area contributed by atoms with Gasteiger partial charge in [-0.3, -0.25) is 14.4 Å². The second-order valence-electron chi connectivity index (χ2n) is 10.8. The molecule has 236 valence electrons. The number of aliphatic hydroxyl groups is 1. The van der Waals surface area contributed by atoms with Gasteiger partial charge in [-0.2, -0.15) is 0 Å². The molecule has 2 heterocycles. The van der Waals surface area contributed by atoms with Crippen LogP contribution in [0.3, 0.4) is 0 Å². The molecule has 1 aliphatic heterocycles. The van der Waals surface area contributed by atoms with Crippen LogP contribution >= 0.6 is 18.2 Å². The van der Waals surface area contributed by atoms with E-state index in [1.165, 1.54) is 31.0 Å². The average molecular weight is 655 g/mol. The molecule has 46 heavy (non-hydrogen) atoms. The Morgan fingerprint density at radius 1 is 0.978 bits per heavy atom. The zero-order valence-corrected chi connectivity index (χ0v) is 27.2. The highest BCUT2D eigenvalue weighted by molar-refractivity contribution is 7.96. The Morgan fingerprint density at radius 3 is 1.96 bits per heavy atom. The lowest BCUT2D eigenvalue weighted by atomic mass is 9.80. The first-order chi connectivity index (χ1) is 22.2. The van der Waals surface area contributed by atoms with Crippen molar-refractivity contribution in [3.05, 3.63) is 126 Å². The minimum atomic E-state index is -3.17. The van der Waals surface area contributed by atoms with Gasteiger partial charge in [0.2, 0.25) is 5.91 Å². The van der Waals surface area contributed by atoms with Crippen LogP contribution < -0.4 is 21.2 Å². The van der Waals surface area contributed by atoms with Crippen molar-refractivity contribution in [2.75, 3.05) is 13.7 Å². The Labute approximate surface area is 272 Å². The summed E-state index contributed by atoms with van der Waals surface area (Å²) in [5.41, 5.74) is 0.437. The maximum atomic E-state index is 14.5. The lowest BCUT2D eigenvalue weighted by Gasteiger charge is -2.50. The van der Waals surface area contributed by atoms with Gasteiger partial charge in [0.05, 0.1) is 22.9 Å². The number of benzene rings is 3. The molecular formula is C36H35N2O6PS. The van der Waals surface area contributed by atoms with Crippen molar-refractivity contribution in [2.24, 2.45) is 5.92 Å². The smallest absolute Gasteiger partial charge is 0.356 e. The molecule has 2 amide bonds. The van der Waals surface area contributed by atoms with Crippen molar-refractivity contribution < 1.29 is 29.0 Å². The molecule has 4 aromatic rings. The number of rotatable bonds is 12. The molecule has 0 unspecified atom stereocenters. The number of amides is 2. The number of nitrogens with zero attached hydrogens (tertiary/aromatic N) is 1. The van der Waals surface area contributed by atoms with E-state index in [9.17, 15) is 24.3 Å². The number of carbonyl (C=O) groups excluding carboxylic acids is 4. The van der Waals surface area contributed by atoms with Gasteiger partial charge in [0.25, 0.3) is 5.91 Å². The van der Waals surface area contributed by atoms with Gasteiger partial charge in [0.1, 0.15) is 12.0 Å². The fraction of sp³-hybridized carbons (Fsp3) is 0.194. The molecule has 0 aliphatic carbocycles. The summed E-state index contributed by atoms with van der Waals surface area (Å²) < 4.78 is 5.75. The van der Waals surface area contributed by atoms with Gasteiger partial charge >= 0.3 is 5.97 Å². The number of likely N-dealkylation sites (tertiary alicyclic amines) is 1. The number of thiophene rings is 1. The largest absolute Gasteiger partial charge is 0.457 e. The maximum Gasteiger partial charge on any atom is 0.356 e. The molecule has 0 saturated carbocycles. The van der Waals surface area contributed by atoms with Crippen molar-refractivity contribution >= 4 is 63.1 Å². The number of hydrogen-bond donors (Lipinski definition) is 2. The van der Waals surface area contributed by atoms with E-state index in [1.807, 2.05) is 91.0 Å². The van der Waals surface area contributed by atoms with E-state index in [1.54, 1.807) is 5.38 Å². The lowest BCUT2D eigenvalue weighted by Crippen LogP contribution is -2.68. The highest BCUT2D eigenvalue weighted by Crippen LogP contribution is 2.50. The fourth-order valence-corrected chi connectivity index (χ4v) is 11.2. The summed E-state index contributed by atoms with van der Waals surface area (Å²) in [5, 5.41) is 17.4. The van der Waals surface area contributed by atoms with E-state index >= 15 is 0 Å². The Hall–Kier alpha value is -4.56. The number of nitrogens with one attached hydrogen (secondary N) is 1. The minimum Gasteiger partial charge on any atom is -0.457 e. The van der Waals surface area contributed by atoms with E-state index in [0.717, 1.165) is 27.3 Å². The summed E-state index contributed by atoms with van der Waals surface area (Å²) in [6.07, 6.45) is 0.192. The number of esters is 1. The number of β-lactam (4-membered cyclic amide) rings is 1. The van der Waals surface area contributed by atoms with Crippen molar-refractivity contribution in [1.82, 2.24) is 10.2 Å². The Bertz CT molecular complexity index is 1700. The highest BCUT2D eigenvalue weighted by Gasteiger charge is 2.55. The summed E-state index contributed by atoms with van der Waals surface area (Å²) in [5.74, 6) is -2.75. The van der Waals surface area contributed by atoms with E-state index in [-0.39, 0.29) is 30.1 Å². The Morgan fingerprint density at radius 2 is 1.50 bits per heavy atom. The minimum absolute atomic E-state index is 0.0939. The van der Waals surface area contributed by atoms with Gasteiger partial charge in [-0.15, -0.1) is 11.3 Å². The van der Waals surface area contributed by atoms with Crippen molar-refractivity contribution in [1.29, 1.82) is 0 Å². The molecule has 3 atom stereocenters. The van der Waals surface area contributed by atoms with Crippen LogP contribution in [-0.2, 0) is 14.3 Å². The van der Waals surface area contributed by atoms with Crippen molar-refractivity contribution in [3.8, 4) is 0 Å². The average Bonchev–Trinajstić information content (AvgIpc) is 3.58. The van der Waals surface area contributed by atoms with Crippen LogP contribution in [0.15, 0.2) is 115 Å². The molecule has 0 spiro atoms. The van der Waals surface area contributed by atoms with Crippen LogP contribution in [0.4, 0.5) is 0 Å². The second kappa shape index (κ2) is 14.3. The molecule has 0 bridgehead atoms. The molecule has 5 rings (SSSR count). The van der Waals surface area contributed by atoms with Gasteiger partial charge in [0, 0.05) is 31.3 Å². The predicted octanol–water partition coefficient (Wildman–Crippen LogP) is 3.74. The van der Waals surface area contributed by atoms with E-state index < -0.39 is 36.8 Å². The van der Waals surface area contributed by atoms with Crippen LogP contribution in [0, 0.1) is 5.92 Å². The second-order valence-corrected chi connectivity index (χ2v) is 15.1. The van der Waals surface area contributed by atoms with Gasteiger partial charge in [0.15, 0.2) is 5.78 Å². The molecule has 1 aromatic heterocycles. The first kappa shape index (κ1) is 32.8. The van der Waals surface area contributed by atoms with Crippen LogP contribution in [0.25, 0.3) is 0 Å². The quantitative estimate of drug-likeness (QED) is 0.0792. The lowest BCUT2D eigenvalue weighted by molar-refractivity contribution is -0.157. The van der Waals surface area contributed by atoms with Gasteiger partial charge in [-0.05, 0) is 28.9 Å².